The highest BCUT2D eigenvalue weighted by Crippen LogP contribution is 2.39. The van der Waals surface area contributed by atoms with Crippen molar-refractivity contribution in [3.8, 4) is 0 Å². The average molecular weight is 210 g/mol. The van der Waals surface area contributed by atoms with Crippen molar-refractivity contribution in [3.63, 3.8) is 0 Å². The molecule has 0 aromatic heterocycles. The summed E-state index contributed by atoms with van der Waals surface area (Å²) in [5, 5.41) is 3.55. The Kier molecular flexibility index (Phi) is 3.09. The van der Waals surface area contributed by atoms with Gasteiger partial charge in [-0.25, -0.2) is 0 Å². The van der Waals surface area contributed by atoms with E-state index in [9.17, 15) is 0 Å². The van der Waals surface area contributed by atoms with Gasteiger partial charge in [0.25, 0.3) is 0 Å². The molecule has 3 atom stereocenters. The molecule has 2 nitrogen and oxygen atoms in total. The van der Waals surface area contributed by atoms with Crippen LogP contribution in [0.5, 0.6) is 0 Å². The second-order valence-electron chi connectivity index (χ2n) is 6.22. The summed E-state index contributed by atoms with van der Waals surface area (Å²) in [6.07, 6.45) is 2.70. The van der Waals surface area contributed by atoms with Crippen LogP contribution in [0.2, 0.25) is 0 Å². The largest absolute Gasteiger partial charge is 0.316 e. The monoisotopic (exact) mass is 210 g/mol. The van der Waals surface area contributed by atoms with Crippen LogP contribution in [0.1, 0.15) is 40.5 Å². The van der Waals surface area contributed by atoms with Crippen LogP contribution in [0.4, 0.5) is 0 Å². The molecule has 2 aliphatic rings. The van der Waals surface area contributed by atoms with Gasteiger partial charge in [-0.1, -0.05) is 6.92 Å². The Morgan fingerprint density at radius 3 is 2.67 bits per heavy atom. The summed E-state index contributed by atoms with van der Waals surface area (Å²) in [6, 6.07) is 0.831. The van der Waals surface area contributed by atoms with Crippen molar-refractivity contribution in [2.24, 2.45) is 11.8 Å². The summed E-state index contributed by atoms with van der Waals surface area (Å²) in [5.41, 5.74) is 0.345. The van der Waals surface area contributed by atoms with E-state index in [0.717, 1.165) is 17.9 Å². The van der Waals surface area contributed by atoms with Crippen molar-refractivity contribution in [2.45, 2.75) is 52.1 Å². The molecule has 0 amide bonds. The van der Waals surface area contributed by atoms with Crippen molar-refractivity contribution in [1.29, 1.82) is 0 Å². The van der Waals surface area contributed by atoms with Crippen molar-refractivity contribution in [1.82, 2.24) is 10.2 Å². The number of likely N-dealkylation sites (tertiary alicyclic amines) is 1. The van der Waals surface area contributed by atoms with E-state index in [1.54, 1.807) is 0 Å². The van der Waals surface area contributed by atoms with Gasteiger partial charge in [-0.2, -0.15) is 0 Å². The number of hydrogen-bond acceptors (Lipinski definition) is 2. The summed E-state index contributed by atoms with van der Waals surface area (Å²) in [5.74, 6) is 1.86. The quantitative estimate of drug-likeness (QED) is 0.713. The van der Waals surface area contributed by atoms with E-state index < -0.39 is 0 Å². The van der Waals surface area contributed by atoms with E-state index in [0.29, 0.717) is 5.54 Å². The summed E-state index contributed by atoms with van der Waals surface area (Å²) >= 11 is 0. The molecule has 0 aliphatic carbocycles. The van der Waals surface area contributed by atoms with Gasteiger partial charge in [-0.3, -0.25) is 4.90 Å². The van der Waals surface area contributed by atoms with Crippen LogP contribution in [-0.2, 0) is 0 Å². The Bertz CT molecular complexity index is 219. The molecule has 0 spiro atoms. The molecule has 88 valence electrons. The van der Waals surface area contributed by atoms with Crippen LogP contribution < -0.4 is 5.32 Å². The van der Waals surface area contributed by atoms with Crippen molar-refractivity contribution >= 4 is 0 Å². The number of hydrogen-bond donors (Lipinski definition) is 1. The molecule has 1 N–H and O–H groups in total. The lowest BCUT2D eigenvalue weighted by molar-refractivity contribution is 0.103. The third-order valence-electron chi connectivity index (χ3n) is 4.27. The molecule has 0 aromatic carbocycles. The summed E-state index contributed by atoms with van der Waals surface area (Å²) in [6.45, 7) is 13.2. The van der Waals surface area contributed by atoms with E-state index >= 15 is 0 Å². The second kappa shape index (κ2) is 4.06. The molecule has 0 radical (unpaired) electrons. The van der Waals surface area contributed by atoms with Crippen LogP contribution in [0.15, 0.2) is 0 Å². The number of nitrogens with one attached hydrogen (secondary N) is 1. The number of piperidine rings is 1. The Balaban J connectivity index is 2.14. The fraction of sp³-hybridized carbons (Fsp3) is 1.00. The van der Waals surface area contributed by atoms with Crippen molar-refractivity contribution in [2.75, 3.05) is 19.6 Å². The first kappa shape index (κ1) is 11.4. The highest BCUT2D eigenvalue weighted by molar-refractivity contribution is 4.99. The van der Waals surface area contributed by atoms with Gasteiger partial charge >= 0.3 is 0 Å². The van der Waals surface area contributed by atoms with E-state index in [4.69, 9.17) is 0 Å². The minimum Gasteiger partial charge on any atom is -0.316 e. The average Bonchev–Trinajstić information content (AvgIpc) is 2.55. The molecule has 2 heteroatoms. The molecule has 2 heterocycles. The molecular weight excluding hydrogens is 184 g/mol. The van der Waals surface area contributed by atoms with Crippen molar-refractivity contribution in [3.05, 3.63) is 0 Å². The van der Waals surface area contributed by atoms with Gasteiger partial charge in [0.15, 0.2) is 0 Å². The third kappa shape index (κ3) is 2.07. The van der Waals surface area contributed by atoms with Gasteiger partial charge in [0.05, 0.1) is 0 Å². The van der Waals surface area contributed by atoms with E-state index in [1.807, 2.05) is 0 Å². The first-order valence-corrected chi connectivity index (χ1v) is 6.51. The van der Waals surface area contributed by atoms with Gasteiger partial charge in [0.2, 0.25) is 0 Å². The highest BCUT2D eigenvalue weighted by Gasteiger charge is 2.44. The molecule has 15 heavy (non-hydrogen) atoms. The minimum absolute atomic E-state index is 0.345. The lowest BCUT2D eigenvalue weighted by atomic mass is 9.84. The topological polar surface area (TPSA) is 15.3 Å². The van der Waals surface area contributed by atoms with Crippen LogP contribution >= 0.6 is 0 Å². The first-order chi connectivity index (χ1) is 7.04. The van der Waals surface area contributed by atoms with Gasteiger partial charge < -0.3 is 5.32 Å². The molecule has 2 saturated heterocycles. The molecule has 2 aliphatic heterocycles. The summed E-state index contributed by atoms with van der Waals surface area (Å²) < 4.78 is 0. The SMILES string of the molecule is CCC1C2CCNCC2CN1C(C)(C)C. The zero-order chi connectivity index (χ0) is 11.1. The number of fused-ring (bicyclic) bond motifs is 1. The van der Waals surface area contributed by atoms with Crippen LogP contribution in [0, 0.1) is 11.8 Å². The summed E-state index contributed by atoms with van der Waals surface area (Å²) in [4.78, 5) is 2.75. The highest BCUT2D eigenvalue weighted by atomic mass is 15.3. The molecule has 2 rings (SSSR count). The third-order valence-corrected chi connectivity index (χ3v) is 4.27. The zero-order valence-corrected chi connectivity index (χ0v) is 10.7. The van der Waals surface area contributed by atoms with Gasteiger partial charge in [0, 0.05) is 18.1 Å². The molecular formula is C13H26N2. The Hall–Kier alpha value is -0.0800. The van der Waals surface area contributed by atoms with Crippen molar-refractivity contribution < 1.29 is 0 Å². The molecule has 0 saturated carbocycles. The maximum Gasteiger partial charge on any atom is 0.0130 e. The van der Waals surface area contributed by atoms with Crippen LogP contribution in [0.3, 0.4) is 0 Å². The number of rotatable bonds is 1. The summed E-state index contributed by atoms with van der Waals surface area (Å²) in [7, 11) is 0. The number of nitrogens with zero attached hydrogens (tertiary/aromatic N) is 1. The Morgan fingerprint density at radius 2 is 2.07 bits per heavy atom. The molecule has 0 aromatic rings. The smallest absolute Gasteiger partial charge is 0.0130 e. The Labute approximate surface area is 94.4 Å². The fourth-order valence-corrected chi connectivity index (χ4v) is 3.56. The predicted octanol–water partition coefficient (Wildman–Crippen LogP) is 2.10. The minimum atomic E-state index is 0.345. The molecule has 3 unspecified atom stereocenters. The van der Waals surface area contributed by atoms with E-state index in [-0.39, 0.29) is 0 Å². The fourth-order valence-electron chi connectivity index (χ4n) is 3.56. The lowest BCUT2D eigenvalue weighted by Gasteiger charge is -2.38. The first-order valence-electron chi connectivity index (χ1n) is 6.51. The van der Waals surface area contributed by atoms with Crippen LogP contribution in [-0.4, -0.2) is 36.1 Å². The molecule has 0 bridgehead atoms. The van der Waals surface area contributed by atoms with E-state index in [1.165, 1.54) is 32.5 Å². The second-order valence-corrected chi connectivity index (χ2v) is 6.22. The normalized spacial score (nSPS) is 38.0. The van der Waals surface area contributed by atoms with Gasteiger partial charge in [0.1, 0.15) is 0 Å². The predicted molar refractivity (Wildman–Crippen MR) is 65.0 cm³/mol. The maximum atomic E-state index is 3.55. The lowest BCUT2D eigenvalue weighted by Crippen LogP contribution is -2.45. The zero-order valence-electron chi connectivity index (χ0n) is 10.7. The van der Waals surface area contributed by atoms with Crippen LogP contribution in [0.25, 0.3) is 0 Å². The standard InChI is InChI=1S/C13H26N2/c1-5-12-11-6-7-14-8-10(11)9-15(12)13(2,3)4/h10-12,14H,5-9H2,1-4H3. The molecule has 2 fully saturated rings. The maximum absolute atomic E-state index is 3.55. The Morgan fingerprint density at radius 1 is 1.33 bits per heavy atom. The van der Waals surface area contributed by atoms with Gasteiger partial charge in [-0.15, -0.1) is 0 Å². The van der Waals surface area contributed by atoms with Gasteiger partial charge in [-0.05, 0) is 58.5 Å². The van der Waals surface area contributed by atoms with E-state index in [2.05, 4.69) is 37.9 Å².